The molecule has 2 atom stereocenters. The predicted octanol–water partition coefficient (Wildman–Crippen LogP) is 3.67. The summed E-state index contributed by atoms with van der Waals surface area (Å²) in [7, 11) is 1.57. The van der Waals surface area contributed by atoms with Gasteiger partial charge in [-0.15, -0.1) is 0 Å². The lowest BCUT2D eigenvalue weighted by Crippen LogP contribution is -2.52. The number of carbonyl (C=O) groups excluding carboxylic acids is 2. The first-order chi connectivity index (χ1) is 15.0. The second kappa shape index (κ2) is 8.25. The number of carboxylic acid groups (broad SMARTS) is 1. The zero-order valence-corrected chi connectivity index (χ0v) is 19.8. The summed E-state index contributed by atoms with van der Waals surface area (Å²) in [5.74, 6) is 0.00922. The van der Waals surface area contributed by atoms with Gasteiger partial charge in [-0.05, 0) is 50.3 Å². The van der Waals surface area contributed by atoms with Crippen LogP contribution in [0.3, 0.4) is 0 Å². The molecular weight excluding hydrogens is 430 g/mol. The van der Waals surface area contributed by atoms with E-state index < -0.39 is 11.6 Å². The van der Waals surface area contributed by atoms with E-state index in [1.165, 1.54) is 4.90 Å². The molecule has 2 heterocycles. The molecule has 32 heavy (non-hydrogen) atoms. The molecule has 1 saturated carbocycles. The molecule has 8 heteroatoms. The van der Waals surface area contributed by atoms with Crippen molar-refractivity contribution in [2.75, 3.05) is 33.2 Å². The number of carbonyl (C=O) groups is 3. The second-order valence-electron chi connectivity index (χ2n) is 10.1. The summed E-state index contributed by atoms with van der Waals surface area (Å²) in [6.07, 6.45) is 2.23. The lowest BCUT2D eigenvalue weighted by Gasteiger charge is -2.38. The van der Waals surface area contributed by atoms with Gasteiger partial charge >= 0.3 is 6.09 Å². The van der Waals surface area contributed by atoms with Crippen LogP contribution in [0.15, 0.2) is 24.3 Å². The number of likely N-dealkylation sites (tertiary alicyclic amines) is 2. The van der Waals surface area contributed by atoms with E-state index in [0.29, 0.717) is 44.0 Å². The highest BCUT2D eigenvalue weighted by atomic mass is 35.5. The van der Waals surface area contributed by atoms with Crippen molar-refractivity contribution in [2.24, 2.45) is 11.3 Å². The van der Waals surface area contributed by atoms with Crippen LogP contribution >= 0.6 is 11.6 Å². The topological polar surface area (TPSA) is 81.2 Å². The minimum atomic E-state index is -1.01. The van der Waals surface area contributed by atoms with Gasteiger partial charge in [0.15, 0.2) is 0 Å². The molecule has 3 aliphatic rings. The highest BCUT2D eigenvalue weighted by Crippen LogP contribution is 2.47. The molecule has 0 spiro atoms. The molecule has 2 aliphatic heterocycles. The summed E-state index contributed by atoms with van der Waals surface area (Å²) in [6.45, 7) is 5.97. The molecule has 1 N–H and O–H groups in total. The molecule has 4 rings (SSSR count). The van der Waals surface area contributed by atoms with E-state index in [0.717, 1.165) is 18.4 Å². The number of nitrogens with zero attached hydrogens (tertiary/aromatic N) is 3. The number of hydrogen-bond acceptors (Lipinski definition) is 3. The summed E-state index contributed by atoms with van der Waals surface area (Å²) < 4.78 is 0. The third-order valence-electron chi connectivity index (χ3n) is 7.95. The summed E-state index contributed by atoms with van der Waals surface area (Å²) in [6, 6.07) is 7.43. The second-order valence-corrected chi connectivity index (χ2v) is 10.6. The van der Waals surface area contributed by atoms with E-state index in [1.807, 2.05) is 35.8 Å². The standard InChI is InChI=1S/C24H32ClN3O4/c1-23(10-11-23)21(30)27-12-8-17(9-13-27)20(29)28-14-19(16-4-6-18(25)7-5-16)24(2,15-28)26(3)22(31)32/h4-7,17,19H,8-15H2,1-3H3,(H,31,32)/t19-,24+/m1/s1. The van der Waals surface area contributed by atoms with E-state index in [4.69, 9.17) is 11.6 Å². The SMILES string of the molecule is CN(C(=O)O)[C@@]1(C)CN(C(=O)C2CCN(C(=O)C3(C)CC3)CC2)C[C@@H]1c1ccc(Cl)cc1. The Bertz CT molecular complexity index is 908. The molecule has 1 aromatic rings. The maximum absolute atomic E-state index is 13.4. The smallest absolute Gasteiger partial charge is 0.407 e. The van der Waals surface area contributed by atoms with Gasteiger partial charge in [0.05, 0.1) is 5.54 Å². The largest absolute Gasteiger partial charge is 0.465 e. The molecule has 1 aliphatic carbocycles. The maximum atomic E-state index is 13.4. The van der Waals surface area contributed by atoms with Crippen LogP contribution in [-0.2, 0) is 9.59 Å². The van der Waals surface area contributed by atoms with Crippen molar-refractivity contribution in [3.05, 3.63) is 34.9 Å². The molecule has 0 radical (unpaired) electrons. The van der Waals surface area contributed by atoms with Gasteiger partial charge in [-0.3, -0.25) is 9.59 Å². The van der Waals surface area contributed by atoms with Crippen LogP contribution in [0.2, 0.25) is 5.02 Å². The molecule has 1 aromatic carbocycles. The molecule has 3 fully saturated rings. The maximum Gasteiger partial charge on any atom is 0.407 e. The lowest BCUT2D eigenvalue weighted by molar-refractivity contribution is -0.142. The number of hydrogen-bond donors (Lipinski definition) is 1. The van der Waals surface area contributed by atoms with Crippen LogP contribution in [0, 0.1) is 11.3 Å². The number of benzene rings is 1. The Morgan fingerprint density at radius 1 is 1.06 bits per heavy atom. The number of amides is 3. The first-order valence-electron chi connectivity index (χ1n) is 11.4. The fraction of sp³-hybridized carbons (Fsp3) is 0.625. The third-order valence-corrected chi connectivity index (χ3v) is 8.20. The van der Waals surface area contributed by atoms with E-state index in [2.05, 4.69) is 0 Å². The van der Waals surface area contributed by atoms with Gasteiger partial charge in [0.2, 0.25) is 11.8 Å². The van der Waals surface area contributed by atoms with Gasteiger partial charge in [-0.2, -0.15) is 0 Å². The Balaban J connectivity index is 1.47. The minimum Gasteiger partial charge on any atom is -0.465 e. The van der Waals surface area contributed by atoms with Crippen molar-refractivity contribution in [2.45, 2.75) is 51.0 Å². The van der Waals surface area contributed by atoms with E-state index in [9.17, 15) is 19.5 Å². The Labute approximate surface area is 194 Å². The van der Waals surface area contributed by atoms with Crippen LogP contribution in [-0.4, -0.2) is 76.5 Å². The highest BCUT2D eigenvalue weighted by molar-refractivity contribution is 6.30. The molecule has 7 nitrogen and oxygen atoms in total. The fourth-order valence-electron chi connectivity index (χ4n) is 5.23. The highest BCUT2D eigenvalue weighted by Gasteiger charge is 2.51. The Morgan fingerprint density at radius 3 is 2.19 bits per heavy atom. The van der Waals surface area contributed by atoms with Crippen LogP contribution in [0.4, 0.5) is 4.79 Å². The van der Waals surface area contributed by atoms with Gasteiger partial charge in [0.25, 0.3) is 0 Å². The molecule has 0 bridgehead atoms. The van der Waals surface area contributed by atoms with Crippen molar-refractivity contribution in [3.8, 4) is 0 Å². The summed E-state index contributed by atoms with van der Waals surface area (Å²) in [5, 5.41) is 10.3. The Morgan fingerprint density at radius 2 is 1.66 bits per heavy atom. The van der Waals surface area contributed by atoms with Crippen molar-refractivity contribution in [1.82, 2.24) is 14.7 Å². The molecule has 174 valence electrons. The normalized spacial score (nSPS) is 27.3. The van der Waals surface area contributed by atoms with Crippen molar-refractivity contribution >= 4 is 29.5 Å². The molecular formula is C24H32ClN3O4. The number of rotatable bonds is 4. The van der Waals surface area contributed by atoms with Crippen LogP contribution in [0.5, 0.6) is 0 Å². The Kier molecular flexibility index (Phi) is 5.90. The average Bonchev–Trinajstić information content (AvgIpc) is 3.44. The lowest BCUT2D eigenvalue weighted by atomic mass is 9.82. The first-order valence-corrected chi connectivity index (χ1v) is 11.7. The van der Waals surface area contributed by atoms with Crippen LogP contribution in [0.1, 0.15) is 51.0 Å². The van der Waals surface area contributed by atoms with Gasteiger partial charge in [0.1, 0.15) is 0 Å². The first kappa shape index (κ1) is 22.9. The molecule has 0 unspecified atom stereocenters. The fourth-order valence-corrected chi connectivity index (χ4v) is 5.36. The zero-order valence-electron chi connectivity index (χ0n) is 19.0. The predicted molar refractivity (Wildman–Crippen MR) is 122 cm³/mol. The Hall–Kier alpha value is -2.28. The monoisotopic (exact) mass is 461 g/mol. The third kappa shape index (κ3) is 4.07. The minimum absolute atomic E-state index is 0.0659. The van der Waals surface area contributed by atoms with Crippen molar-refractivity contribution in [3.63, 3.8) is 0 Å². The van der Waals surface area contributed by atoms with Gasteiger partial charge < -0.3 is 19.8 Å². The average molecular weight is 462 g/mol. The zero-order chi connectivity index (χ0) is 23.3. The van der Waals surface area contributed by atoms with Gasteiger partial charge in [-0.1, -0.05) is 30.7 Å². The summed E-state index contributed by atoms with van der Waals surface area (Å²) >= 11 is 6.05. The van der Waals surface area contributed by atoms with Crippen molar-refractivity contribution < 1.29 is 19.5 Å². The number of halogens is 1. The van der Waals surface area contributed by atoms with Gasteiger partial charge in [-0.25, -0.2) is 4.79 Å². The summed E-state index contributed by atoms with van der Waals surface area (Å²) in [4.78, 5) is 43.0. The summed E-state index contributed by atoms with van der Waals surface area (Å²) in [5.41, 5.74) is 0.0475. The number of likely N-dealkylation sites (N-methyl/N-ethyl adjacent to an activating group) is 1. The van der Waals surface area contributed by atoms with E-state index in [1.54, 1.807) is 19.2 Å². The van der Waals surface area contributed by atoms with Gasteiger partial charge in [0, 0.05) is 55.5 Å². The van der Waals surface area contributed by atoms with Crippen LogP contribution < -0.4 is 0 Å². The van der Waals surface area contributed by atoms with E-state index >= 15 is 0 Å². The van der Waals surface area contributed by atoms with Crippen molar-refractivity contribution in [1.29, 1.82) is 0 Å². The van der Waals surface area contributed by atoms with Crippen LogP contribution in [0.25, 0.3) is 0 Å². The molecule has 2 saturated heterocycles. The van der Waals surface area contributed by atoms with E-state index in [-0.39, 0.29) is 29.1 Å². The number of piperidine rings is 1. The quantitative estimate of drug-likeness (QED) is 0.741. The molecule has 3 amide bonds. The molecule has 0 aromatic heterocycles.